The molecule has 4 nitrogen and oxygen atoms in total. The molecule has 0 fully saturated rings. The highest BCUT2D eigenvalue weighted by molar-refractivity contribution is 9.10. The molecule has 0 heterocycles. The predicted octanol–water partition coefficient (Wildman–Crippen LogP) is 4.25. The van der Waals surface area contributed by atoms with Gasteiger partial charge in [0.15, 0.2) is 5.75 Å². The van der Waals surface area contributed by atoms with E-state index >= 15 is 0 Å². The summed E-state index contributed by atoms with van der Waals surface area (Å²) < 4.78 is 5.94. The second-order valence-corrected chi connectivity index (χ2v) is 5.73. The number of halogens is 2. The summed E-state index contributed by atoms with van der Waals surface area (Å²) >= 11 is 9.36. The first kappa shape index (κ1) is 15.7. The van der Waals surface area contributed by atoms with E-state index in [1.807, 2.05) is 0 Å². The van der Waals surface area contributed by atoms with E-state index in [0.29, 0.717) is 32.2 Å². The number of ether oxygens (including phenoxy) is 1. The zero-order valence-electron chi connectivity index (χ0n) is 11.5. The first-order valence-corrected chi connectivity index (χ1v) is 7.30. The van der Waals surface area contributed by atoms with Crippen molar-refractivity contribution in [2.24, 2.45) is 0 Å². The van der Waals surface area contributed by atoms with Crippen molar-refractivity contribution in [3.05, 3.63) is 51.0 Å². The third-order valence-corrected chi connectivity index (χ3v) is 3.89. The first-order chi connectivity index (χ1) is 9.93. The molecule has 6 heteroatoms. The van der Waals surface area contributed by atoms with Crippen LogP contribution in [0.2, 0.25) is 5.02 Å². The molecule has 0 unspecified atom stereocenters. The molecule has 2 aromatic rings. The summed E-state index contributed by atoms with van der Waals surface area (Å²) in [5.74, 6) is 0.238. The first-order valence-electron chi connectivity index (χ1n) is 6.13. The molecule has 0 aliphatic rings. The van der Waals surface area contributed by atoms with Crippen LogP contribution < -0.4 is 15.8 Å². The van der Waals surface area contributed by atoms with Gasteiger partial charge in [-0.25, -0.2) is 0 Å². The van der Waals surface area contributed by atoms with Crippen LogP contribution >= 0.6 is 27.5 Å². The fourth-order valence-electron chi connectivity index (χ4n) is 1.95. The van der Waals surface area contributed by atoms with Gasteiger partial charge in [-0.2, -0.15) is 0 Å². The Kier molecular flexibility index (Phi) is 4.75. The molecule has 0 saturated heterocycles. The molecule has 0 spiro atoms. The molecule has 0 aliphatic carbocycles. The summed E-state index contributed by atoms with van der Waals surface area (Å²) in [6.07, 6.45) is 0. The zero-order valence-corrected chi connectivity index (χ0v) is 13.9. The lowest BCUT2D eigenvalue weighted by atomic mass is 10.1. The lowest BCUT2D eigenvalue weighted by Gasteiger charge is -2.14. The molecule has 0 radical (unpaired) electrons. The molecule has 110 valence electrons. The third kappa shape index (κ3) is 3.31. The number of hydrogen-bond donors (Lipinski definition) is 2. The van der Waals surface area contributed by atoms with Crippen molar-refractivity contribution in [1.82, 2.24) is 0 Å². The number of hydrogen-bond acceptors (Lipinski definition) is 3. The topological polar surface area (TPSA) is 64.3 Å². The van der Waals surface area contributed by atoms with Crippen molar-refractivity contribution in [3.8, 4) is 5.75 Å². The van der Waals surface area contributed by atoms with E-state index in [0.717, 1.165) is 5.56 Å². The molecule has 0 bridgehead atoms. The van der Waals surface area contributed by atoms with Crippen LogP contribution in [0.25, 0.3) is 0 Å². The Balaban J connectivity index is 2.38. The minimum atomic E-state index is -0.271. The summed E-state index contributed by atoms with van der Waals surface area (Å²) in [6.45, 7) is 1.80. The maximum Gasteiger partial charge on any atom is 0.256 e. The highest BCUT2D eigenvalue weighted by Crippen LogP contribution is 2.36. The Morgan fingerprint density at radius 1 is 1.38 bits per heavy atom. The van der Waals surface area contributed by atoms with Gasteiger partial charge < -0.3 is 15.8 Å². The second kappa shape index (κ2) is 6.37. The predicted molar refractivity (Wildman–Crippen MR) is 89.2 cm³/mol. The Labute approximate surface area is 136 Å². The van der Waals surface area contributed by atoms with Crippen molar-refractivity contribution in [2.45, 2.75) is 6.92 Å². The molecule has 2 rings (SSSR count). The molecule has 1 amide bonds. The van der Waals surface area contributed by atoms with Crippen molar-refractivity contribution >= 4 is 44.8 Å². The largest absolute Gasteiger partial charge is 0.493 e. The number of benzene rings is 2. The maximum absolute atomic E-state index is 12.4. The molecule has 0 aromatic heterocycles. The van der Waals surface area contributed by atoms with Crippen molar-refractivity contribution in [2.75, 3.05) is 18.2 Å². The number of amides is 1. The SMILES string of the molecule is COc1c(Br)cc(Cl)cc1NC(=O)c1cccc(N)c1C. The molecule has 2 aromatic carbocycles. The van der Waals surface area contributed by atoms with Gasteiger partial charge in [-0.05, 0) is 52.7 Å². The van der Waals surface area contributed by atoms with Gasteiger partial charge in [0.25, 0.3) is 5.91 Å². The van der Waals surface area contributed by atoms with E-state index in [2.05, 4.69) is 21.2 Å². The van der Waals surface area contributed by atoms with E-state index in [4.69, 9.17) is 22.1 Å². The molecule has 0 atom stereocenters. The average molecular weight is 370 g/mol. The monoisotopic (exact) mass is 368 g/mol. The number of anilines is 2. The van der Waals surface area contributed by atoms with E-state index in [1.165, 1.54) is 7.11 Å². The summed E-state index contributed by atoms with van der Waals surface area (Å²) in [5, 5.41) is 3.28. The van der Waals surface area contributed by atoms with Gasteiger partial charge in [-0.3, -0.25) is 4.79 Å². The van der Waals surface area contributed by atoms with Crippen LogP contribution in [-0.2, 0) is 0 Å². The molecular formula is C15H14BrClN2O2. The van der Waals surface area contributed by atoms with Crippen LogP contribution in [0.1, 0.15) is 15.9 Å². The van der Waals surface area contributed by atoms with Crippen LogP contribution in [0.5, 0.6) is 5.75 Å². The minimum absolute atomic E-state index is 0.271. The van der Waals surface area contributed by atoms with Crippen LogP contribution in [-0.4, -0.2) is 13.0 Å². The Bertz CT molecular complexity index is 704. The summed E-state index contributed by atoms with van der Waals surface area (Å²) in [4.78, 5) is 12.4. The number of nitrogens with one attached hydrogen (secondary N) is 1. The lowest BCUT2D eigenvalue weighted by Crippen LogP contribution is -2.15. The van der Waals surface area contributed by atoms with Gasteiger partial charge in [0.2, 0.25) is 0 Å². The Morgan fingerprint density at radius 3 is 2.76 bits per heavy atom. The number of nitrogen functional groups attached to an aromatic ring is 1. The minimum Gasteiger partial charge on any atom is -0.493 e. The van der Waals surface area contributed by atoms with E-state index < -0.39 is 0 Å². The Hall–Kier alpha value is -1.72. The zero-order chi connectivity index (χ0) is 15.6. The number of carbonyl (C=O) groups is 1. The van der Waals surface area contributed by atoms with E-state index in [-0.39, 0.29) is 5.91 Å². The lowest BCUT2D eigenvalue weighted by molar-refractivity contribution is 0.102. The molecule has 21 heavy (non-hydrogen) atoms. The number of carbonyl (C=O) groups excluding carboxylic acids is 1. The number of nitrogens with two attached hydrogens (primary N) is 1. The second-order valence-electron chi connectivity index (χ2n) is 4.44. The molecular weight excluding hydrogens is 356 g/mol. The summed E-state index contributed by atoms with van der Waals surface area (Å²) in [5.41, 5.74) is 8.12. The molecule has 0 saturated carbocycles. The fraction of sp³-hybridized carbons (Fsp3) is 0.133. The summed E-state index contributed by atoms with van der Waals surface area (Å²) in [6, 6.07) is 8.53. The fourth-order valence-corrected chi connectivity index (χ4v) is 2.92. The van der Waals surface area contributed by atoms with Gasteiger partial charge in [-0.15, -0.1) is 0 Å². The van der Waals surface area contributed by atoms with Crippen LogP contribution in [0, 0.1) is 6.92 Å². The van der Waals surface area contributed by atoms with E-state index in [1.54, 1.807) is 37.3 Å². The van der Waals surface area contributed by atoms with Crippen LogP contribution in [0.3, 0.4) is 0 Å². The van der Waals surface area contributed by atoms with Crippen LogP contribution in [0.15, 0.2) is 34.8 Å². The third-order valence-electron chi connectivity index (χ3n) is 3.08. The van der Waals surface area contributed by atoms with Gasteiger partial charge in [0.05, 0.1) is 17.3 Å². The maximum atomic E-state index is 12.4. The highest BCUT2D eigenvalue weighted by atomic mass is 79.9. The van der Waals surface area contributed by atoms with E-state index in [9.17, 15) is 4.79 Å². The van der Waals surface area contributed by atoms with Crippen molar-refractivity contribution in [1.29, 1.82) is 0 Å². The average Bonchev–Trinajstić information content (AvgIpc) is 2.41. The summed E-state index contributed by atoms with van der Waals surface area (Å²) in [7, 11) is 1.52. The van der Waals surface area contributed by atoms with Gasteiger partial charge in [-0.1, -0.05) is 17.7 Å². The van der Waals surface area contributed by atoms with Gasteiger partial charge in [0, 0.05) is 16.3 Å². The number of methoxy groups -OCH3 is 1. The van der Waals surface area contributed by atoms with Gasteiger partial charge >= 0.3 is 0 Å². The van der Waals surface area contributed by atoms with Gasteiger partial charge in [0.1, 0.15) is 0 Å². The highest BCUT2D eigenvalue weighted by Gasteiger charge is 2.15. The molecule has 0 aliphatic heterocycles. The smallest absolute Gasteiger partial charge is 0.256 e. The molecule has 3 N–H and O–H groups in total. The normalized spacial score (nSPS) is 10.3. The Morgan fingerprint density at radius 2 is 2.10 bits per heavy atom. The van der Waals surface area contributed by atoms with Crippen LogP contribution in [0.4, 0.5) is 11.4 Å². The standard InChI is InChI=1S/C15H14BrClN2O2/c1-8-10(4-3-5-12(8)18)15(20)19-13-7-9(17)6-11(16)14(13)21-2/h3-7H,18H2,1-2H3,(H,19,20). The van der Waals surface area contributed by atoms with Crippen molar-refractivity contribution in [3.63, 3.8) is 0 Å². The quantitative estimate of drug-likeness (QED) is 0.795. The number of rotatable bonds is 3. The van der Waals surface area contributed by atoms with Crippen molar-refractivity contribution < 1.29 is 9.53 Å².